The van der Waals surface area contributed by atoms with Crippen LogP contribution in [0.4, 0.5) is 34.1 Å². The van der Waals surface area contributed by atoms with Crippen molar-refractivity contribution in [3.8, 4) is 77.9 Å². The van der Waals surface area contributed by atoms with E-state index < -0.39 is 0 Å². The average molecular weight is 1390 g/mol. The normalized spacial score (nSPS) is 15.3. The molecule has 18 aromatic rings. The highest BCUT2D eigenvalue weighted by molar-refractivity contribution is 6.17. The summed E-state index contributed by atoms with van der Waals surface area (Å²) < 4.78 is 13.6. The molecule has 0 bridgehead atoms. The smallest absolute Gasteiger partial charge is 0.136 e. The Labute approximate surface area is 629 Å². The zero-order chi connectivity index (χ0) is 71.9. The first-order chi connectivity index (χ1) is 53.1. The Morgan fingerprint density at radius 3 is 1.43 bits per heavy atom. The van der Waals surface area contributed by atoms with Crippen LogP contribution in [0.1, 0.15) is 68.7 Å². The van der Waals surface area contributed by atoms with E-state index in [-0.39, 0.29) is 10.8 Å². The Morgan fingerprint density at radius 2 is 0.741 bits per heavy atom. The van der Waals surface area contributed by atoms with E-state index in [9.17, 15) is 0 Å². The van der Waals surface area contributed by atoms with Crippen LogP contribution in [0.15, 0.2) is 361 Å². The fourth-order valence-corrected chi connectivity index (χ4v) is 19.4. The molecule has 3 aliphatic rings. The molecule has 514 valence electrons. The lowest BCUT2D eigenvalue weighted by Crippen LogP contribution is -2.26. The van der Waals surface area contributed by atoms with Gasteiger partial charge in [-0.05, 0) is 220 Å². The molecule has 0 radical (unpaired) electrons. The van der Waals surface area contributed by atoms with Crippen molar-refractivity contribution < 1.29 is 8.83 Å². The van der Waals surface area contributed by atoms with Crippen LogP contribution in [-0.4, -0.2) is 0 Å². The van der Waals surface area contributed by atoms with Gasteiger partial charge in [0, 0.05) is 61.1 Å². The second kappa shape index (κ2) is 24.8. The van der Waals surface area contributed by atoms with Gasteiger partial charge in [-0.25, -0.2) is 0 Å². The van der Waals surface area contributed by atoms with E-state index in [1.807, 2.05) is 0 Å². The molecule has 0 fully saturated rings. The van der Waals surface area contributed by atoms with Gasteiger partial charge in [0.15, 0.2) is 0 Å². The molecule has 3 aliphatic carbocycles. The van der Waals surface area contributed by atoms with Crippen molar-refractivity contribution >= 4 is 99.5 Å². The molecule has 2 aromatic heterocycles. The van der Waals surface area contributed by atoms with Crippen LogP contribution in [0.25, 0.3) is 143 Å². The van der Waals surface area contributed by atoms with Gasteiger partial charge in [-0.1, -0.05) is 295 Å². The highest BCUT2D eigenvalue weighted by Crippen LogP contribution is 2.60. The summed E-state index contributed by atoms with van der Waals surface area (Å²) in [6.45, 7) is 9.69. The maximum Gasteiger partial charge on any atom is 0.136 e. The van der Waals surface area contributed by atoms with Gasteiger partial charge in [0.05, 0.1) is 17.1 Å². The molecule has 21 rings (SSSR count). The van der Waals surface area contributed by atoms with Crippen molar-refractivity contribution in [2.24, 2.45) is 5.92 Å². The standard InChI is InChI=1S/C104H76N2O2/c1-103(2)90-40-15-10-32-86(90)101-91(103)41-23-44-94(101)106(93-43-17-12-31-82(93)84-37-21-46-96-99(84)87-33-13-18-45-95(87)107-96)72-59-50-67(51-60-72)75-62-63-76(79-28-8-7-27-78(75)79)69-54-61-88-98(64-69)108-97-47-22-36-83(100(88)97)81-30-11-16-42-92(81)105(70-55-48-66(49-56-70)74-34-19-25-65-24-5-6-26-73(65)74)71-57-52-68(53-58-71)77-35-20-38-85-80-29-9-14-39-89(80)104(3,4)102(77)85/h5-14,16-39,41-64,86,90H,15,40H2,1-4H3. The molecule has 2 atom stereocenters. The second-order valence-corrected chi connectivity index (χ2v) is 30.8. The Morgan fingerprint density at radius 1 is 0.306 bits per heavy atom. The topological polar surface area (TPSA) is 32.8 Å². The molecular formula is C104H76N2O2. The third-order valence-electron chi connectivity index (χ3n) is 24.4. The summed E-state index contributed by atoms with van der Waals surface area (Å²) >= 11 is 0. The van der Waals surface area contributed by atoms with Crippen LogP contribution in [0.5, 0.6) is 0 Å². The Kier molecular flexibility index (Phi) is 14.6. The largest absolute Gasteiger partial charge is 0.456 e. The van der Waals surface area contributed by atoms with Gasteiger partial charge in [0.25, 0.3) is 0 Å². The van der Waals surface area contributed by atoms with Gasteiger partial charge >= 0.3 is 0 Å². The number of hydrogen-bond donors (Lipinski definition) is 0. The van der Waals surface area contributed by atoms with E-state index in [1.54, 1.807) is 0 Å². The first-order valence-corrected chi connectivity index (χ1v) is 38.1. The maximum atomic E-state index is 7.05. The fourth-order valence-electron chi connectivity index (χ4n) is 19.4. The molecule has 2 heterocycles. The zero-order valence-corrected chi connectivity index (χ0v) is 60.8. The van der Waals surface area contributed by atoms with Crippen molar-refractivity contribution in [1.29, 1.82) is 0 Å². The van der Waals surface area contributed by atoms with E-state index in [2.05, 4.69) is 389 Å². The highest BCUT2D eigenvalue weighted by atomic mass is 16.3. The Bertz CT molecular complexity index is 6700. The van der Waals surface area contributed by atoms with E-state index in [4.69, 9.17) is 8.83 Å². The molecule has 16 aromatic carbocycles. The molecule has 0 saturated carbocycles. The van der Waals surface area contributed by atoms with Crippen LogP contribution in [0, 0.1) is 5.92 Å². The molecule has 108 heavy (non-hydrogen) atoms. The molecule has 0 aliphatic heterocycles. The molecule has 0 amide bonds. The number of allylic oxidation sites excluding steroid dienone is 2. The first-order valence-electron chi connectivity index (χ1n) is 38.1. The van der Waals surface area contributed by atoms with Crippen LogP contribution >= 0.6 is 0 Å². The summed E-state index contributed by atoms with van der Waals surface area (Å²) in [6.07, 6.45) is 7.22. The summed E-state index contributed by atoms with van der Waals surface area (Å²) in [5.41, 5.74) is 32.2. The van der Waals surface area contributed by atoms with Gasteiger partial charge in [-0.2, -0.15) is 0 Å². The minimum absolute atomic E-state index is 0.0185. The quantitative estimate of drug-likeness (QED) is 0.114. The lowest BCUT2D eigenvalue weighted by Gasteiger charge is -2.33. The molecule has 2 unspecified atom stereocenters. The predicted octanol–water partition coefficient (Wildman–Crippen LogP) is 29.4. The zero-order valence-electron chi connectivity index (χ0n) is 60.8. The first kappa shape index (κ1) is 63.5. The number of para-hydroxylation sites is 3. The number of rotatable bonds is 12. The van der Waals surface area contributed by atoms with Crippen molar-refractivity contribution in [2.45, 2.75) is 57.3 Å². The lowest BCUT2D eigenvalue weighted by atomic mass is 9.72. The number of benzene rings is 16. The number of hydrogen-bond acceptors (Lipinski definition) is 4. The summed E-state index contributed by atoms with van der Waals surface area (Å²) in [4.78, 5) is 4.98. The number of anilines is 6. The number of nitrogens with zero attached hydrogens (tertiary/aromatic N) is 2. The minimum Gasteiger partial charge on any atom is -0.456 e. The SMILES string of the molecule is CC1(C)c2ccccc2-c2cccc(-c3ccc(N(c4ccc(-c5cccc6ccccc56)cc4)c4ccccc4-c4cccc5oc6cc(-c7ccc(-c8ccc(N(c9ccccc9-c9cccc%10oc%11ccccc%11c9%10)c9cccc%10c9C9C=CCCC9C%10(C)C)cc8)c8ccccc78)ccc6c45)cc3)c21. The third kappa shape index (κ3) is 9.89. The van der Waals surface area contributed by atoms with Crippen molar-refractivity contribution in [3.05, 3.63) is 374 Å². The minimum atomic E-state index is -0.149. The number of furan rings is 2. The van der Waals surface area contributed by atoms with Gasteiger partial charge < -0.3 is 18.6 Å². The van der Waals surface area contributed by atoms with E-state index in [0.717, 1.165) is 118 Å². The van der Waals surface area contributed by atoms with Crippen LogP contribution in [0.2, 0.25) is 0 Å². The molecular weight excluding hydrogens is 1310 g/mol. The monoisotopic (exact) mass is 1380 g/mol. The second-order valence-electron chi connectivity index (χ2n) is 30.8. The molecule has 0 spiro atoms. The fraction of sp³-hybridized carbons (Fsp3) is 0.0962. The van der Waals surface area contributed by atoms with E-state index in [0.29, 0.717) is 11.8 Å². The Hall–Kier alpha value is -13.0. The van der Waals surface area contributed by atoms with Gasteiger partial charge in [0.1, 0.15) is 22.3 Å². The van der Waals surface area contributed by atoms with E-state index >= 15 is 0 Å². The van der Waals surface area contributed by atoms with Gasteiger partial charge in [-0.15, -0.1) is 0 Å². The average Bonchev–Trinajstić information content (AvgIpc) is 1.56. The molecule has 0 N–H and O–H groups in total. The molecule has 4 nitrogen and oxygen atoms in total. The lowest BCUT2D eigenvalue weighted by molar-refractivity contribution is 0.301. The van der Waals surface area contributed by atoms with Crippen molar-refractivity contribution in [3.63, 3.8) is 0 Å². The van der Waals surface area contributed by atoms with Crippen molar-refractivity contribution in [1.82, 2.24) is 0 Å². The summed E-state index contributed by atoms with van der Waals surface area (Å²) in [5.74, 6) is 0.831. The van der Waals surface area contributed by atoms with Crippen LogP contribution < -0.4 is 9.80 Å². The summed E-state index contributed by atoms with van der Waals surface area (Å²) in [7, 11) is 0. The van der Waals surface area contributed by atoms with Crippen molar-refractivity contribution in [2.75, 3.05) is 9.80 Å². The summed E-state index contributed by atoms with van der Waals surface area (Å²) in [5, 5.41) is 9.23. The number of fused-ring (bicyclic) bond motifs is 14. The summed E-state index contributed by atoms with van der Waals surface area (Å²) in [6, 6.07) is 125. The molecule has 0 saturated heterocycles. The van der Waals surface area contributed by atoms with Crippen LogP contribution in [-0.2, 0) is 10.8 Å². The maximum absolute atomic E-state index is 7.05. The Balaban J connectivity index is 0.650. The third-order valence-corrected chi connectivity index (χ3v) is 24.4. The van der Waals surface area contributed by atoms with Crippen LogP contribution in [0.3, 0.4) is 0 Å². The highest BCUT2D eigenvalue weighted by Gasteiger charge is 2.47. The van der Waals surface area contributed by atoms with Gasteiger partial charge in [-0.3, -0.25) is 0 Å². The van der Waals surface area contributed by atoms with Gasteiger partial charge in [0.2, 0.25) is 0 Å². The predicted molar refractivity (Wildman–Crippen MR) is 453 cm³/mol. The van der Waals surface area contributed by atoms with E-state index in [1.165, 1.54) is 94.9 Å². The molecule has 4 heteroatoms.